The third-order valence-electron chi connectivity index (χ3n) is 2.15. The number of ether oxygens (including phenoxy) is 1. The zero-order valence-electron chi connectivity index (χ0n) is 8.06. The summed E-state index contributed by atoms with van der Waals surface area (Å²) < 4.78 is 5.50. The van der Waals surface area contributed by atoms with Gasteiger partial charge in [-0.1, -0.05) is 0 Å². The van der Waals surface area contributed by atoms with Gasteiger partial charge in [0.05, 0.1) is 17.7 Å². The first kappa shape index (κ1) is 9.53. The molecular weight excluding hydrogens is 192 g/mol. The van der Waals surface area contributed by atoms with Crippen molar-refractivity contribution in [3.8, 4) is 11.8 Å². The van der Waals surface area contributed by atoms with E-state index in [-0.39, 0.29) is 6.10 Å². The molecule has 76 valence electrons. The SMILES string of the molecule is N#Cc1cc(OC2CC2)cc(C(N)=O)c1. The Kier molecular flexibility index (Phi) is 2.30. The van der Waals surface area contributed by atoms with Gasteiger partial charge in [-0.2, -0.15) is 5.26 Å². The Morgan fingerprint density at radius 1 is 1.47 bits per heavy atom. The second-order valence-electron chi connectivity index (χ2n) is 3.54. The van der Waals surface area contributed by atoms with Crippen LogP contribution in [0.2, 0.25) is 0 Å². The number of carbonyl (C=O) groups excluding carboxylic acids is 1. The van der Waals surface area contributed by atoms with E-state index in [1.807, 2.05) is 6.07 Å². The third-order valence-corrected chi connectivity index (χ3v) is 2.15. The van der Waals surface area contributed by atoms with Crippen LogP contribution in [0.3, 0.4) is 0 Å². The minimum Gasteiger partial charge on any atom is -0.490 e. The number of amides is 1. The molecule has 1 amide bonds. The van der Waals surface area contributed by atoms with Gasteiger partial charge in [0.25, 0.3) is 0 Å². The first-order valence-corrected chi connectivity index (χ1v) is 4.70. The van der Waals surface area contributed by atoms with E-state index < -0.39 is 5.91 Å². The lowest BCUT2D eigenvalue weighted by atomic mass is 10.1. The number of hydrogen-bond acceptors (Lipinski definition) is 3. The third kappa shape index (κ3) is 2.26. The summed E-state index contributed by atoms with van der Waals surface area (Å²) in [5.41, 5.74) is 5.85. The van der Waals surface area contributed by atoms with Crippen LogP contribution >= 0.6 is 0 Å². The lowest BCUT2D eigenvalue weighted by molar-refractivity contribution is 0.0999. The van der Waals surface area contributed by atoms with E-state index >= 15 is 0 Å². The Hall–Kier alpha value is -2.02. The highest BCUT2D eigenvalue weighted by atomic mass is 16.5. The van der Waals surface area contributed by atoms with E-state index in [2.05, 4.69) is 0 Å². The van der Waals surface area contributed by atoms with Crippen LogP contribution in [0.25, 0.3) is 0 Å². The van der Waals surface area contributed by atoms with Crippen molar-refractivity contribution in [1.82, 2.24) is 0 Å². The molecule has 0 saturated heterocycles. The molecule has 0 aromatic heterocycles. The van der Waals surface area contributed by atoms with Crippen LogP contribution in [0.1, 0.15) is 28.8 Å². The Labute approximate surface area is 87.3 Å². The minimum atomic E-state index is -0.548. The zero-order valence-corrected chi connectivity index (χ0v) is 8.06. The summed E-state index contributed by atoms with van der Waals surface area (Å²) in [6.45, 7) is 0. The minimum absolute atomic E-state index is 0.236. The van der Waals surface area contributed by atoms with Crippen LogP contribution < -0.4 is 10.5 Å². The lowest BCUT2D eigenvalue weighted by Crippen LogP contribution is -2.11. The molecule has 4 nitrogen and oxygen atoms in total. The summed E-state index contributed by atoms with van der Waals surface area (Å²) in [6.07, 6.45) is 2.30. The molecule has 1 aromatic rings. The largest absolute Gasteiger partial charge is 0.490 e. The smallest absolute Gasteiger partial charge is 0.248 e. The highest BCUT2D eigenvalue weighted by Crippen LogP contribution is 2.27. The first-order chi connectivity index (χ1) is 7.19. The summed E-state index contributed by atoms with van der Waals surface area (Å²) in [5, 5.41) is 8.76. The molecule has 0 heterocycles. The van der Waals surface area contributed by atoms with Crippen LogP contribution in [-0.2, 0) is 0 Å². The maximum absolute atomic E-state index is 11.0. The number of primary amides is 1. The van der Waals surface area contributed by atoms with Crippen LogP contribution in [0, 0.1) is 11.3 Å². The van der Waals surface area contributed by atoms with Gasteiger partial charge in [-0.3, -0.25) is 4.79 Å². The fourth-order valence-corrected chi connectivity index (χ4v) is 1.25. The van der Waals surface area contributed by atoms with E-state index in [4.69, 9.17) is 15.7 Å². The number of rotatable bonds is 3. The molecule has 0 atom stereocenters. The normalized spacial score (nSPS) is 14.3. The van der Waals surface area contributed by atoms with Gasteiger partial charge in [0.1, 0.15) is 5.75 Å². The van der Waals surface area contributed by atoms with Crippen LogP contribution in [0.4, 0.5) is 0 Å². The number of nitrogens with zero attached hydrogens (tertiary/aromatic N) is 1. The Morgan fingerprint density at radius 3 is 2.73 bits per heavy atom. The van der Waals surface area contributed by atoms with Crippen molar-refractivity contribution >= 4 is 5.91 Å². The summed E-state index contributed by atoms with van der Waals surface area (Å²) in [6, 6.07) is 6.62. The van der Waals surface area contributed by atoms with Crippen molar-refractivity contribution in [3.05, 3.63) is 29.3 Å². The highest BCUT2D eigenvalue weighted by molar-refractivity contribution is 5.93. The second-order valence-corrected chi connectivity index (χ2v) is 3.54. The molecule has 1 aromatic carbocycles. The molecular formula is C11H10N2O2. The van der Waals surface area contributed by atoms with Crippen molar-refractivity contribution in [3.63, 3.8) is 0 Å². The molecule has 2 rings (SSSR count). The quantitative estimate of drug-likeness (QED) is 0.800. The van der Waals surface area contributed by atoms with Crippen LogP contribution in [0.5, 0.6) is 5.75 Å². The van der Waals surface area contributed by atoms with Crippen molar-refractivity contribution < 1.29 is 9.53 Å². The average Bonchev–Trinajstić information content (AvgIpc) is 3.01. The van der Waals surface area contributed by atoms with E-state index in [1.165, 1.54) is 6.07 Å². The summed E-state index contributed by atoms with van der Waals surface area (Å²) >= 11 is 0. The van der Waals surface area contributed by atoms with Gasteiger partial charge < -0.3 is 10.5 Å². The Bertz CT molecular complexity index is 444. The predicted molar refractivity (Wildman–Crippen MR) is 53.3 cm³/mol. The Balaban J connectivity index is 2.32. The van der Waals surface area contributed by atoms with Crippen LogP contribution in [-0.4, -0.2) is 12.0 Å². The lowest BCUT2D eigenvalue weighted by Gasteiger charge is -2.05. The van der Waals surface area contributed by atoms with Gasteiger partial charge in [0.2, 0.25) is 5.91 Å². The van der Waals surface area contributed by atoms with Crippen molar-refractivity contribution in [2.24, 2.45) is 5.73 Å². The van der Waals surface area contributed by atoms with Crippen molar-refractivity contribution in [2.45, 2.75) is 18.9 Å². The average molecular weight is 202 g/mol. The standard InChI is InChI=1S/C11H10N2O2/c12-6-7-3-8(11(13)14)5-10(4-7)15-9-1-2-9/h3-5,9H,1-2H2,(H2,13,14). The van der Waals surface area contributed by atoms with Gasteiger partial charge in [0.15, 0.2) is 0 Å². The number of carbonyl (C=O) groups is 1. The van der Waals surface area contributed by atoms with Gasteiger partial charge in [-0.05, 0) is 31.0 Å². The summed E-state index contributed by atoms with van der Waals surface area (Å²) in [7, 11) is 0. The molecule has 15 heavy (non-hydrogen) atoms. The predicted octanol–water partition coefficient (Wildman–Crippen LogP) is 1.20. The Morgan fingerprint density at radius 2 is 2.20 bits per heavy atom. The topological polar surface area (TPSA) is 76.1 Å². The van der Waals surface area contributed by atoms with Gasteiger partial charge in [0, 0.05) is 5.56 Å². The zero-order chi connectivity index (χ0) is 10.8. The maximum Gasteiger partial charge on any atom is 0.248 e. The fourth-order valence-electron chi connectivity index (χ4n) is 1.25. The number of benzene rings is 1. The second kappa shape index (κ2) is 3.62. The molecule has 4 heteroatoms. The van der Waals surface area contributed by atoms with E-state index in [0.29, 0.717) is 16.9 Å². The molecule has 1 saturated carbocycles. The molecule has 0 bridgehead atoms. The summed E-state index contributed by atoms with van der Waals surface area (Å²) in [5.74, 6) is -0.00176. The molecule has 0 spiro atoms. The monoisotopic (exact) mass is 202 g/mol. The molecule has 1 aliphatic rings. The number of hydrogen-bond donors (Lipinski definition) is 1. The molecule has 0 radical (unpaired) electrons. The first-order valence-electron chi connectivity index (χ1n) is 4.70. The fraction of sp³-hybridized carbons (Fsp3) is 0.273. The van der Waals surface area contributed by atoms with Gasteiger partial charge in [-0.25, -0.2) is 0 Å². The highest BCUT2D eigenvalue weighted by Gasteiger charge is 2.23. The molecule has 1 aliphatic carbocycles. The number of nitriles is 1. The van der Waals surface area contributed by atoms with Crippen LogP contribution in [0.15, 0.2) is 18.2 Å². The number of nitrogens with two attached hydrogens (primary N) is 1. The van der Waals surface area contributed by atoms with E-state index in [0.717, 1.165) is 12.8 Å². The molecule has 0 aliphatic heterocycles. The molecule has 0 unspecified atom stereocenters. The molecule has 2 N–H and O–H groups in total. The van der Waals surface area contributed by atoms with Crippen molar-refractivity contribution in [2.75, 3.05) is 0 Å². The van der Waals surface area contributed by atoms with Gasteiger partial charge in [-0.15, -0.1) is 0 Å². The van der Waals surface area contributed by atoms with E-state index in [9.17, 15) is 4.79 Å². The van der Waals surface area contributed by atoms with Crippen molar-refractivity contribution in [1.29, 1.82) is 5.26 Å². The van der Waals surface area contributed by atoms with E-state index in [1.54, 1.807) is 12.1 Å². The van der Waals surface area contributed by atoms with Gasteiger partial charge >= 0.3 is 0 Å². The summed E-state index contributed by atoms with van der Waals surface area (Å²) in [4.78, 5) is 11.0. The maximum atomic E-state index is 11.0. The molecule has 1 fully saturated rings.